The van der Waals surface area contributed by atoms with Gasteiger partial charge in [-0.15, -0.1) is 10.2 Å². The summed E-state index contributed by atoms with van der Waals surface area (Å²) in [5.41, 5.74) is 1.96. The van der Waals surface area contributed by atoms with Crippen molar-refractivity contribution in [2.75, 3.05) is 13.2 Å². The minimum atomic E-state index is -0.554. The van der Waals surface area contributed by atoms with Crippen molar-refractivity contribution in [1.29, 1.82) is 0 Å². The van der Waals surface area contributed by atoms with Gasteiger partial charge in [0.15, 0.2) is 13.2 Å². The lowest BCUT2D eigenvalue weighted by Gasteiger charge is -2.35. The normalized spacial score (nSPS) is 17.0. The molecule has 1 aromatic carbocycles. The van der Waals surface area contributed by atoms with E-state index in [0.717, 1.165) is 43.4 Å². The van der Waals surface area contributed by atoms with Crippen LogP contribution in [0.15, 0.2) is 24.3 Å². The number of likely N-dealkylation sites (tertiary alicyclic amines) is 1. The first-order valence-corrected chi connectivity index (χ1v) is 9.36. The van der Waals surface area contributed by atoms with Gasteiger partial charge in [0.05, 0.1) is 0 Å². The number of carbonyl (C=O) groups excluding carboxylic acids is 2. The molecule has 27 heavy (non-hydrogen) atoms. The summed E-state index contributed by atoms with van der Waals surface area (Å²) >= 11 is 0. The van der Waals surface area contributed by atoms with Gasteiger partial charge >= 0.3 is 5.97 Å². The van der Waals surface area contributed by atoms with E-state index >= 15 is 0 Å². The summed E-state index contributed by atoms with van der Waals surface area (Å²) in [5.74, 6) is -0.249. The van der Waals surface area contributed by atoms with E-state index in [1.165, 1.54) is 4.80 Å². The molecule has 0 bridgehead atoms. The van der Waals surface area contributed by atoms with E-state index in [1.54, 1.807) is 0 Å². The van der Waals surface area contributed by atoms with Gasteiger partial charge in [0.1, 0.15) is 0 Å². The summed E-state index contributed by atoms with van der Waals surface area (Å²) in [6.07, 6.45) is 4.08. The third-order valence-electron chi connectivity index (χ3n) is 4.81. The molecule has 1 aromatic heterocycles. The number of amides is 1. The van der Waals surface area contributed by atoms with Crippen LogP contribution < -0.4 is 0 Å². The van der Waals surface area contributed by atoms with Crippen LogP contribution >= 0.6 is 0 Å². The number of ether oxygens (including phenoxy) is 1. The molecule has 144 valence electrons. The van der Waals surface area contributed by atoms with Gasteiger partial charge in [-0.25, -0.2) is 4.79 Å². The number of carbonyl (C=O) groups is 2. The highest BCUT2D eigenvalue weighted by molar-refractivity contribution is 5.80. The third-order valence-corrected chi connectivity index (χ3v) is 4.81. The smallest absolute Gasteiger partial charge is 0.330 e. The van der Waals surface area contributed by atoms with Gasteiger partial charge in [-0.3, -0.25) is 4.79 Å². The number of tetrazole rings is 1. The highest BCUT2D eigenvalue weighted by Crippen LogP contribution is 2.19. The zero-order valence-corrected chi connectivity index (χ0v) is 15.8. The molecule has 2 aromatic rings. The predicted molar refractivity (Wildman–Crippen MR) is 98.6 cm³/mol. The van der Waals surface area contributed by atoms with Gasteiger partial charge in [0, 0.05) is 18.2 Å². The Morgan fingerprint density at radius 3 is 2.74 bits per heavy atom. The SMILES string of the molecule is CCC1CCCCN1C(=O)COC(=O)Cn1nnc(-c2ccc(C)cc2)n1. The molecule has 1 aliphatic rings. The average molecular weight is 371 g/mol. The van der Waals surface area contributed by atoms with Crippen LogP contribution in [0.4, 0.5) is 0 Å². The van der Waals surface area contributed by atoms with Crippen LogP contribution in [-0.2, 0) is 20.9 Å². The van der Waals surface area contributed by atoms with Gasteiger partial charge in [0.2, 0.25) is 5.82 Å². The maximum absolute atomic E-state index is 12.3. The second kappa shape index (κ2) is 8.75. The number of nitrogens with zero attached hydrogens (tertiary/aromatic N) is 5. The Morgan fingerprint density at radius 2 is 2.00 bits per heavy atom. The fourth-order valence-corrected chi connectivity index (χ4v) is 3.27. The first kappa shape index (κ1) is 19.0. The lowest BCUT2D eigenvalue weighted by Crippen LogP contribution is -2.45. The summed E-state index contributed by atoms with van der Waals surface area (Å²) < 4.78 is 5.13. The van der Waals surface area contributed by atoms with Crippen molar-refractivity contribution >= 4 is 11.9 Å². The van der Waals surface area contributed by atoms with Gasteiger partial charge in [-0.2, -0.15) is 4.80 Å². The Kier molecular flexibility index (Phi) is 6.16. The van der Waals surface area contributed by atoms with E-state index < -0.39 is 5.97 Å². The van der Waals surface area contributed by atoms with Crippen LogP contribution in [0.5, 0.6) is 0 Å². The Morgan fingerprint density at radius 1 is 1.22 bits per heavy atom. The zero-order valence-electron chi connectivity index (χ0n) is 15.8. The minimum Gasteiger partial charge on any atom is -0.454 e. The maximum Gasteiger partial charge on any atom is 0.330 e. The molecule has 1 atom stereocenters. The lowest BCUT2D eigenvalue weighted by molar-refractivity contribution is -0.154. The minimum absolute atomic E-state index is 0.137. The highest BCUT2D eigenvalue weighted by atomic mass is 16.5. The van der Waals surface area contributed by atoms with Gasteiger partial charge in [0.25, 0.3) is 5.91 Å². The summed E-state index contributed by atoms with van der Waals surface area (Å²) in [5, 5.41) is 12.0. The molecule has 1 unspecified atom stereocenters. The topological polar surface area (TPSA) is 90.2 Å². The van der Waals surface area contributed by atoms with Crippen molar-refractivity contribution in [3.8, 4) is 11.4 Å². The molecule has 0 N–H and O–H groups in total. The molecule has 1 fully saturated rings. The van der Waals surface area contributed by atoms with E-state index in [4.69, 9.17) is 4.74 Å². The molecule has 1 amide bonds. The standard InChI is InChI=1S/C19H25N5O3/c1-3-16-6-4-5-11-23(16)17(25)13-27-18(26)12-24-21-19(20-22-24)15-9-7-14(2)8-10-15/h7-10,16H,3-6,11-13H2,1-2H3. The third kappa shape index (κ3) is 4.90. The van der Waals surface area contributed by atoms with Gasteiger partial charge in [-0.05, 0) is 37.8 Å². The predicted octanol–water partition coefficient (Wildman–Crippen LogP) is 1.98. The first-order chi connectivity index (χ1) is 13.1. The highest BCUT2D eigenvalue weighted by Gasteiger charge is 2.26. The van der Waals surface area contributed by atoms with E-state index in [1.807, 2.05) is 36.1 Å². The fourth-order valence-electron chi connectivity index (χ4n) is 3.27. The molecular formula is C19H25N5O3. The molecular weight excluding hydrogens is 346 g/mol. The summed E-state index contributed by atoms with van der Waals surface area (Å²) in [7, 11) is 0. The van der Waals surface area contributed by atoms with Crippen molar-refractivity contribution in [3.63, 3.8) is 0 Å². The quantitative estimate of drug-likeness (QED) is 0.721. The Labute approximate surface area is 158 Å². The Hall–Kier alpha value is -2.77. The summed E-state index contributed by atoms with van der Waals surface area (Å²) in [6, 6.07) is 7.96. The molecule has 8 heteroatoms. The van der Waals surface area contributed by atoms with E-state index in [2.05, 4.69) is 22.3 Å². The number of hydrogen-bond acceptors (Lipinski definition) is 6. The molecule has 8 nitrogen and oxygen atoms in total. The maximum atomic E-state index is 12.3. The number of hydrogen-bond donors (Lipinski definition) is 0. The number of benzene rings is 1. The van der Waals surface area contributed by atoms with Crippen molar-refractivity contribution in [2.45, 2.75) is 52.1 Å². The Bertz CT molecular complexity index is 787. The zero-order chi connectivity index (χ0) is 19.2. The van der Waals surface area contributed by atoms with Crippen molar-refractivity contribution in [1.82, 2.24) is 25.1 Å². The lowest BCUT2D eigenvalue weighted by atomic mass is 10.00. The molecule has 3 rings (SSSR count). The fraction of sp³-hybridized carbons (Fsp3) is 0.526. The molecule has 0 spiro atoms. The van der Waals surface area contributed by atoms with Crippen LogP contribution in [0, 0.1) is 6.92 Å². The Balaban J connectivity index is 1.51. The molecule has 2 heterocycles. The summed E-state index contributed by atoms with van der Waals surface area (Å²) in [6.45, 7) is 4.39. The number of rotatable bonds is 6. The van der Waals surface area contributed by atoms with Crippen LogP contribution in [0.2, 0.25) is 0 Å². The van der Waals surface area contributed by atoms with Crippen molar-refractivity contribution in [2.24, 2.45) is 0 Å². The van der Waals surface area contributed by atoms with E-state index in [0.29, 0.717) is 5.82 Å². The molecule has 0 saturated carbocycles. The second-order valence-electron chi connectivity index (χ2n) is 6.82. The molecule has 0 radical (unpaired) electrons. The van der Waals surface area contributed by atoms with E-state index in [9.17, 15) is 9.59 Å². The monoisotopic (exact) mass is 371 g/mol. The van der Waals surface area contributed by atoms with Gasteiger partial charge < -0.3 is 9.64 Å². The largest absolute Gasteiger partial charge is 0.454 e. The second-order valence-corrected chi connectivity index (χ2v) is 6.82. The first-order valence-electron chi connectivity index (χ1n) is 9.36. The van der Waals surface area contributed by atoms with Crippen LogP contribution in [0.25, 0.3) is 11.4 Å². The average Bonchev–Trinajstić information content (AvgIpc) is 3.15. The number of piperidine rings is 1. The van der Waals surface area contributed by atoms with Gasteiger partial charge in [-0.1, -0.05) is 36.8 Å². The van der Waals surface area contributed by atoms with Crippen molar-refractivity contribution in [3.05, 3.63) is 29.8 Å². The number of esters is 1. The van der Waals surface area contributed by atoms with Crippen LogP contribution in [-0.4, -0.2) is 56.2 Å². The van der Waals surface area contributed by atoms with E-state index in [-0.39, 0.29) is 25.1 Å². The molecule has 0 aliphatic carbocycles. The van der Waals surface area contributed by atoms with Crippen LogP contribution in [0.1, 0.15) is 38.2 Å². The molecule has 1 saturated heterocycles. The van der Waals surface area contributed by atoms with Crippen molar-refractivity contribution < 1.29 is 14.3 Å². The van der Waals surface area contributed by atoms with Crippen LogP contribution in [0.3, 0.4) is 0 Å². The molecule has 1 aliphatic heterocycles. The number of aryl methyl sites for hydroxylation is 1. The number of aromatic nitrogens is 4. The summed E-state index contributed by atoms with van der Waals surface area (Å²) in [4.78, 5) is 27.4.